The molecule has 0 radical (unpaired) electrons. The van der Waals surface area contributed by atoms with Crippen LogP contribution in [0.25, 0.3) is 0 Å². The van der Waals surface area contributed by atoms with Gasteiger partial charge in [-0.1, -0.05) is 107 Å². The van der Waals surface area contributed by atoms with E-state index >= 15 is 0 Å². The fourth-order valence-corrected chi connectivity index (χ4v) is 7.98. The quantitative estimate of drug-likeness (QED) is 0.223. The van der Waals surface area contributed by atoms with E-state index in [4.69, 9.17) is 9.47 Å². The summed E-state index contributed by atoms with van der Waals surface area (Å²) in [6.45, 7) is 11.1. The van der Waals surface area contributed by atoms with Crippen molar-refractivity contribution in [2.24, 2.45) is 23.7 Å². The minimum Gasteiger partial charge on any atom is -0.473 e. The Balaban J connectivity index is 0.000000132. The Bertz CT molecular complexity index is 1330. The molecule has 2 heterocycles. The van der Waals surface area contributed by atoms with Gasteiger partial charge in [0.25, 0.3) is 0 Å². The lowest BCUT2D eigenvalue weighted by Crippen LogP contribution is -2.31. The van der Waals surface area contributed by atoms with Gasteiger partial charge in [0.1, 0.15) is 11.5 Å². The first-order valence-electron chi connectivity index (χ1n) is 17.8. The predicted molar refractivity (Wildman–Crippen MR) is 193 cm³/mol. The van der Waals surface area contributed by atoms with E-state index in [1.54, 1.807) is 38.5 Å². The molecule has 9 rings (SSSR count). The summed E-state index contributed by atoms with van der Waals surface area (Å²) in [5.41, 5.74) is 4.91. The summed E-state index contributed by atoms with van der Waals surface area (Å²) in [5, 5.41) is 0. The topological polar surface area (TPSA) is 24.9 Å². The minimum atomic E-state index is 0.626. The van der Waals surface area contributed by atoms with Gasteiger partial charge in [0.15, 0.2) is 13.5 Å². The van der Waals surface area contributed by atoms with Gasteiger partial charge in [0, 0.05) is 35.6 Å². The van der Waals surface area contributed by atoms with Crippen LogP contribution in [0, 0.1) is 23.7 Å². The summed E-state index contributed by atoms with van der Waals surface area (Å²) in [6.07, 6.45) is 9.53. The van der Waals surface area contributed by atoms with Crippen molar-refractivity contribution in [2.75, 3.05) is 23.3 Å². The average molecular weight is 619 g/mol. The van der Waals surface area contributed by atoms with Crippen LogP contribution in [0.4, 0.5) is 11.4 Å². The second-order valence-corrected chi connectivity index (χ2v) is 12.4. The third kappa shape index (κ3) is 8.07. The summed E-state index contributed by atoms with van der Waals surface area (Å²) >= 11 is 0. The van der Waals surface area contributed by atoms with Crippen LogP contribution in [0.1, 0.15) is 77.3 Å². The maximum absolute atomic E-state index is 5.72. The molecule has 5 aliphatic rings. The lowest BCUT2D eigenvalue weighted by atomic mass is 9.82. The number of hydrogen-bond donors (Lipinski definition) is 0. The predicted octanol–water partition coefficient (Wildman–Crippen LogP) is 11.0. The zero-order chi connectivity index (χ0) is 32.1. The number of anilines is 2. The number of fused-ring (bicyclic) bond motifs is 7. The summed E-state index contributed by atoms with van der Waals surface area (Å²) < 4.78 is 11.4. The molecule has 0 aromatic heterocycles. The highest BCUT2D eigenvalue weighted by molar-refractivity contribution is 5.50. The lowest BCUT2D eigenvalue weighted by molar-refractivity contribution is 0.259. The van der Waals surface area contributed by atoms with Gasteiger partial charge in [0.05, 0.1) is 0 Å². The maximum atomic E-state index is 5.72. The summed E-state index contributed by atoms with van der Waals surface area (Å²) in [7, 11) is 0. The molecule has 2 aliphatic heterocycles. The molecule has 0 amide bonds. The molecule has 46 heavy (non-hydrogen) atoms. The van der Waals surface area contributed by atoms with Crippen molar-refractivity contribution in [2.45, 2.75) is 79.3 Å². The first-order valence-corrected chi connectivity index (χ1v) is 17.8. The van der Waals surface area contributed by atoms with Crippen molar-refractivity contribution in [3.8, 4) is 11.5 Å². The zero-order valence-corrected chi connectivity index (χ0v) is 28.5. The number of benzene rings is 4. The number of hydrogen-bond acceptors (Lipinski definition) is 4. The van der Waals surface area contributed by atoms with Crippen molar-refractivity contribution in [1.29, 1.82) is 0 Å². The molecule has 244 valence electrons. The molecule has 4 aromatic carbocycles. The van der Waals surface area contributed by atoms with E-state index < -0.39 is 0 Å². The molecule has 4 atom stereocenters. The fraction of sp³-hybridized carbons (Fsp3) is 0.429. The molecule has 4 unspecified atom stereocenters. The summed E-state index contributed by atoms with van der Waals surface area (Å²) in [5.74, 6) is 6.82. The number of rotatable bonds is 2. The minimum absolute atomic E-state index is 0.626. The van der Waals surface area contributed by atoms with E-state index in [1.807, 2.05) is 64.1 Å². The van der Waals surface area contributed by atoms with E-state index in [1.165, 1.54) is 46.2 Å². The number of para-hydroxylation sites is 4. The van der Waals surface area contributed by atoms with E-state index in [9.17, 15) is 0 Å². The van der Waals surface area contributed by atoms with E-state index in [0.717, 1.165) is 24.6 Å². The molecule has 2 bridgehead atoms. The smallest absolute Gasteiger partial charge is 0.161 e. The van der Waals surface area contributed by atoms with Gasteiger partial charge in [0.2, 0.25) is 0 Å². The Hall–Kier alpha value is -3.92. The Kier molecular flexibility index (Phi) is 12.4. The van der Waals surface area contributed by atoms with Crippen LogP contribution < -0.4 is 19.3 Å². The molecule has 3 saturated carbocycles. The monoisotopic (exact) mass is 618 g/mol. The molecule has 3 fully saturated rings. The van der Waals surface area contributed by atoms with Gasteiger partial charge in [-0.25, -0.2) is 0 Å². The molecule has 4 heteroatoms. The third-order valence-corrected chi connectivity index (χ3v) is 10.0. The standard InChI is InChI=1S/2C14H13NO.C10H16.2C2H6/c2*1-2-7-13(8-3-1)15-10-12-6-4-5-9-14(12)16-11-15;1-2-9-7-4-5-8(6-7)10(9)3-1;2*1-2/h2*1-9H,10-11H2;7-10H,1-6H2;2*1-2H3. The molecule has 0 N–H and O–H groups in total. The normalized spacial score (nSPS) is 22.6. The van der Waals surface area contributed by atoms with Crippen LogP contribution in [-0.2, 0) is 13.1 Å². The van der Waals surface area contributed by atoms with Crippen LogP contribution in [0.15, 0.2) is 109 Å². The van der Waals surface area contributed by atoms with E-state index in [2.05, 4.69) is 82.6 Å². The highest BCUT2D eigenvalue weighted by Crippen LogP contribution is 2.58. The van der Waals surface area contributed by atoms with Crippen molar-refractivity contribution in [1.82, 2.24) is 0 Å². The number of ether oxygens (including phenoxy) is 2. The summed E-state index contributed by atoms with van der Waals surface area (Å²) in [6, 6.07) is 37.1. The van der Waals surface area contributed by atoms with Crippen molar-refractivity contribution in [3.63, 3.8) is 0 Å². The van der Waals surface area contributed by atoms with Crippen LogP contribution in [0.5, 0.6) is 11.5 Å². The van der Waals surface area contributed by atoms with Gasteiger partial charge in [-0.05, 0) is 92.2 Å². The Labute approximate surface area is 278 Å². The van der Waals surface area contributed by atoms with Crippen molar-refractivity contribution in [3.05, 3.63) is 120 Å². The zero-order valence-electron chi connectivity index (χ0n) is 28.5. The molecule has 0 spiro atoms. The molecular formula is C42H54N2O2. The van der Waals surface area contributed by atoms with Gasteiger partial charge in [-0.3, -0.25) is 0 Å². The second-order valence-electron chi connectivity index (χ2n) is 12.4. The van der Waals surface area contributed by atoms with Crippen LogP contribution in [0.3, 0.4) is 0 Å². The summed E-state index contributed by atoms with van der Waals surface area (Å²) in [4.78, 5) is 4.45. The van der Waals surface area contributed by atoms with Crippen LogP contribution in [0.2, 0.25) is 0 Å². The molecule has 4 aromatic rings. The Morgan fingerprint density at radius 1 is 0.478 bits per heavy atom. The number of nitrogens with zero attached hydrogens (tertiary/aromatic N) is 2. The SMILES string of the molecule is C1CC2C3CCC(C3)C2C1.CC.CC.c1ccc(N2COc3ccccc3C2)cc1.c1ccc(N2COc3ccccc3C2)cc1. The van der Waals surface area contributed by atoms with Crippen LogP contribution in [-0.4, -0.2) is 13.5 Å². The van der Waals surface area contributed by atoms with E-state index in [0.29, 0.717) is 13.5 Å². The average Bonchev–Trinajstić information content (AvgIpc) is 3.92. The Morgan fingerprint density at radius 3 is 1.30 bits per heavy atom. The van der Waals surface area contributed by atoms with E-state index in [-0.39, 0.29) is 0 Å². The van der Waals surface area contributed by atoms with Gasteiger partial charge in [-0.15, -0.1) is 0 Å². The van der Waals surface area contributed by atoms with Crippen LogP contribution >= 0.6 is 0 Å². The Morgan fingerprint density at radius 2 is 0.870 bits per heavy atom. The maximum Gasteiger partial charge on any atom is 0.161 e. The largest absolute Gasteiger partial charge is 0.473 e. The van der Waals surface area contributed by atoms with Gasteiger partial charge < -0.3 is 19.3 Å². The highest BCUT2D eigenvalue weighted by atomic mass is 16.5. The molecule has 0 saturated heterocycles. The van der Waals surface area contributed by atoms with Gasteiger partial charge in [-0.2, -0.15) is 0 Å². The third-order valence-electron chi connectivity index (χ3n) is 10.0. The molecule has 4 nitrogen and oxygen atoms in total. The fourth-order valence-electron chi connectivity index (χ4n) is 7.98. The molecular weight excluding hydrogens is 564 g/mol. The first-order chi connectivity index (χ1) is 22.8. The van der Waals surface area contributed by atoms with Gasteiger partial charge >= 0.3 is 0 Å². The second kappa shape index (κ2) is 17.1. The first kappa shape index (κ1) is 33.4. The molecule has 3 aliphatic carbocycles. The lowest BCUT2D eigenvalue weighted by Gasteiger charge is -2.30. The van der Waals surface area contributed by atoms with Crippen molar-refractivity contribution < 1.29 is 9.47 Å². The van der Waals surface area contributed by atoms with Crippen molar-refractivity contribution >= 4 is 11.4 Å². The highest BCUT2D eigenvalue weighted by Gasteiger charge is 2.48.